The Morgan fingerprint density at radius 3 is 2.73 bits per heavy atom. The van der Waals surface area contributed by atoms with Crippen LogP contribution in [0.25, 0.3) is 22.4 Å². The lowest BCUT2D eigenvalue weighted by Gasteiger charge is -2.07. The van der Waals surface area contributed by atoms with Crippen molar-refractivity contribution in [1.29, 1.82) is 0 Å². The summed E-state index contributed by atoms with van der Waals surface area (Å²) < 4.78 is 5.33. The molecule has 0 aliphatic rings. The van der Waals surface area contributed by atoms with E-state index in [1.54, 1.807) is 12.1 Å². The van der Waals surface area contributed by atoms with E-state index in [2.05, 4.69) is 15.4 Å². The number of fused-ring (bicyclic) bond motifs is 1. The Balaban J connectivity index is 1.74. The Hall–Kier alpha value is -2.99. The van der Waals surface area contributed by atoms with Crippen molar-refractivity contribution in [3.8, 4) is 11.4 Å². The van der Waals surface area contributed by atoms with E-state index in [0.29, 0.717) is 23.0 Å². The van der Waals surface area contributed by atoms with Crippen molar-refractivity contribution in [3.05, 3.63) is 74.6 Å². The summed E-state index contributed by atoms with van der Waals surface area (Å²) in [5.41, 5.74) is 3.93. The highest BCUT2D eigenvalue weighted by Crippen LogP contribution is 2.23. The van der Waals surface area contributed by atoms with Crippen LogP contribution in [0.3, 0.4) is 0 Å². The SMILES string of the molecule is Cc1cc2oc(=O)cc(Cn3nnc(-c4cccc(Cl)c4)n3)c2cc1C. The van der Waals surface area contributed by atoms with Crippen LogP contribution in [0.2, 0.25) is 5.02 Å². The van der Waals surface area contributed by atoms with Crippen LogP contribution in [0.4, 0.5) is 0 Å². The average molecular weight is 367 g/mol. The van der Waals surface area contributed by atoms with E-state index >= 15 is 0 Å². The van der Waals surface area contributed by atoms with Crippen LogP contribution in [0.15, 0.2) is 51.7 Å². The molecule has 6 nitrogen and oxygen atoms in total. The molecule has 0 radical (unpaired) electrons. The molecule has 7 heteroatoms. The van der Waals surface area contributed by atoms with Crippen molar-refractivity contribution in [2.45, 2.75) is 20.4 Å². The number of aryl methyl sites for hydroxylation is 2. The van der Waals surface area contributed by atoms with Gasteiger partial charge in [0.2, 0.25) is 5.82 Å². The number of hydrogen-bond acceptors (Lipinski definition) is 5. The Kier molecular flexibility index (Phi) is 4.05. The summed E-state index contributed by atoms with van der Waals surface area (Å²) in [6, 6.07) is 12.6. The summed E-state index contributed by atoms with van der Waals surface area (Å²) in [7, 11) is 0. The molecule has 0 fully saturated rings. The quantitative estimate of drug-likeness (QED) is 0.516. The van der Waals surface area contributed by atoms with Gasteiger partial charge in [0.1, 0.15) is 5.58 Å². The summed E-state index contributed by atoms with van der Waals surface area (Å²) >= 11 is 6.01. The van der Waals surface area contributed by atoms with Gasteiger partial charge in [0, 0.05) is 22.0 Å². The molecule has 4 rings (SSSR count). The maximum absolute atomic E-state index is 11.9. The van der Waals surface area contributed by atoms with Crippen LogP contribution in [-0.4, -0.2) is 20.2 Å². The van der Waals surface area contributed by atoms with E-state index in [4.69, 9.17) is 16.0 Å². The minimum absolute atomic E-state index is 0.318. The Morgan fingerprint density at radius 2 is 1.92 bits per heavy atom. The summed E-state index contributed by atoms with van der Waals surface area (Å²) in [6.45, 7) is 4.32. The fourth-order valence-corrected chi connectivity index (χ4v) is 3.01. The van der Waals surface area contributed by atoms with Crippen LogP contribution < -0.4 is 5.63 Å². The topological polar surface area (TPSA) is 73.8 Å². The standard InChI is InChI=1S/C19H15ClN4O2/c1-11-6-16-14(9-18(25)26-17(16)7-12(11)2)10-24-22-19(21-23-24)13-4-3-5-15(20)8-13/h3-9H,10H2,1-2H3. The smallest absolute Gasteiger partial charge is 0.336 e. The monoisotopic (exact) mass is 366 g/mol. The fraction of sp³-hybridized carbons (Fsp3) is 0.158. The van der Waals surface area contributed by atoms with E-state index in [9.17, 15) is 4.79 Å². The highest BCUT2D eigenvalue weighted by atomic mass is 35.5. The second kappa shape index (κ2) is 6.38. The second-order valence-electron chi connectivity index (χ2n) is 6.18. The van der Waals surface area contributed by atoms with Gasteiger partial charge in [-0.05, 0) is 60.0 Å². The van der Waals surface area contributed by atoms with Crippen molar-refractivity contribution < 1.29 is 4.42 Å². The molecular formula is C19H15ClN4O2. The molecular weight excluding hydrogens is 352 g/mol. The average Bonchev–Trinajstić information content (AvgIpc) is 3.05. The van der Waals surface area contributed by atoms with Gasteiger partial charge in [0.15, 0.2) is 0 Å². The third-order valence-corrected chi connectivity index (χ3v) is 4.53. The van der Waals surface area contributed by atoms with Crippen molar-refractivity contribution in [2.75, 3.05) is 0 Å². The second-order valence-corrected chi connectivity index (χ2v) is 6.61. The Morgan fingerprint density at radius 1 is 1.12 bits per heavy atom. The van der Waals surface area contributed by atoms with Crippen molar-refractivity contribution >= 4 is 22.6 Å². The Bertz CT molecular complexity index is 1180. The normalized spacial score (nSPS) is 11.2. The van der Waals surface area contributed by atoms with E-state index in [1.807, 2.05) is 38.1 Å². The van der Waals surface area contributed by atoms with Gasteiger partial charge in [-0.25, -0.2) is 4.79 Å². The van der Waals surface area contributed by atoms with Crippen LogP contribution in [0.5, 0.6) is 0 Å². The first-order valence-electron chi connectivity index (χ1n) is 8.07. The lowest BCUT2D eigenvalue weighted by Crippen LogP contribution is -2.08. The number of tetrazole rings is 1. The highest BCUT2D eigenvalue weighted by molar-refractivity contribution is 6.30. The predicted molar refractivity (Wildman–Crippen MR) is 99.3 cm³/mol. The van der Waals surface area contributed by atoms with E-state index < -0.39 is 5.63 Å². The molecule has 0 saturated carbocycles. The third-order valence-electron chi connectivity index (χ3n) is 4.29. The molecule has 0 atom stereocenters. The van der Waals surface area contributed by atoms with Gasteiger partial charge >= 0.3 is 5.63 Å². The van der Waals surface area contributed by atoms with Gasteiger partial charge in [-0.2, -0.15) is 4.80 Å². The summed E-state index contributed by atoms with van der Waals surface area (Å²) in [6.07, 6.45) is 0. The zero-order valence-electron chi connectivity index (χ0n) is 14.2. The molecule has 0 amide bonds. The third kappa shape index (κ3) is 3.11. The minimum atomic E-state index is -0.397. The first kappa shape index (κ1) is 16.5. The molecule has 2 aromatic carbocycles. The van der Waals surface area contributed by atoms with Crippen LogP contribution in [-0.2, 0) is 6.54 Å². The largest absolute Gasteiger partial charge is 0.423 e. The molecule has 0 bridgehead atoms. The van der Waals surface area contributed by atoms with Gasteiger partial charge in [-0.3, -0.25) is 0 Å². The number of halogens is 1. The molecule has 0 aliphatic carbocycles. The highest BCUT2D eigenvalue weighted by Gasteiger charge is 2.11. The molecule has 2 aromatic heterocycles. The lowest BCUT2D eigenvalue weighted by atomic mass is 10.0. The molecule has 26 heavy (non-hydrogen) atoms. The molecule has 0 unspecified atom stereocenters. The van der Waals surface area contributed by atoms with Crippen LogP contribution >= 0.6 is 11.6 Å². The number of aromatic nitrogens is 4. The van der Waals surface area contributed by atoms with Crippen molar-refractivity contribution in [2.24, 2.45) is 0 Å². The van der Waals surface area contributed by atoms with Crippen molar-refractivity contribution in [3.63, 3.8) is 0 Å². The first-order valence-corrected chi connectivity index (χ1v) is 8.45. The molecule has 0 saturated heterocycles. The van der Waals surface area contributed by atoms with Crippen LogP contribution in [0, 0.1) is 13.8 Å². The Labute approximate surface area is 154 Å². The zero-order chi connectivity index (χ0) is 18.3. The molecule has 0 N–H and O–H groups in total. The lowest BCUT2D eigenvalue weighted by molar-refractivity contribution is 0.545. The van der Waals surface area contributed by atoms with Gasteiger partial charge < -0.3 is 4.42 Å². The van der Waals surface area contributed by atoms with Gasteiger partial charge in [-0.1, -0.05) is 23.7 Å². The first-order chi connectivity index (χ1) is 12.5. The molecule has 2 heterocycles. The number of nitrogens with zero attached hydrogens (tertiary/aromatic N) is 4. The number of rotatable bonds is 3. The summed E-state index contributed by atoms with van der Waals surface area (Å²) in [5.74, 6) is 0.479. The summed E-state index contributed by atoms with van der Waals surface area (Å²) in [5, 5.41) is 14.0. The van der Waals surface area contributed by atoms with E-state index in [1.165, 1.54) is 10.9 Å². The maximum atomic E-state index is 11.9. The molecule has 0 spiro atoms. The number of hydrogen-bond donors (Lipinski definition) is 0. The zero-order valence-corrected chi connectivity index (χ0v) is 15.0. The number of benzene rings is 2. The summed E-state index contributed by atoms with van der Waals surface area (Å²) in [4.78, 5) is 13.4. The molecule has 130 valence electrons. The maximum Gasteiger partial charge on any atom is 0.336 e. The van der Waals surface area contributed by atoms with Crippen molar-refractivity contribution in [1.82, 2.24) is 20.2 Å². The van der Waals surface area contributed by atoms with Gasteiger partial charge in [0.05, 0.1) is 6.54 Å². The van der Waals surface area contributed by atoms with E-state index in [-0.39, 0.29) is 0 Å². The fourth-order valence-electron chi connectivity index (χ4n) is 2.82. The van der Waals surface area contributed by atoms with Gasteiger partial charge in [-0.15, -0.1) is 10.2 Å². The minimum Gasteiger partial charge on any atom is -0.423 e. The molecule has 4 aromatic rings. The van der Waals surface area contributed by atoms with Crippen LogP contribution in [0.1, 0.15) is 16.7 Å². The molecule has 0 aliphatic heterocycles. The van der Waals surface area contributed by atoms with E-state index in [0.717, 1.165) is 27.6 Å². The predicted octanol–water partition coefficient (Wildman–Crippen LogP) is 3.77. The van der Waals surface area contributed by atoms with Gasteiger partial charge in [0.25, 0.3) is 0 Å².